The highest BCUT2D eigenvalue weighted by atomic mass is 32.2. The van der Waals surface area contributed by atoms with Crippen molar-refractivity contribution >= 4 is 28.8 Å². The quantitative estimate of drug-likeness (QED) is 0.555. The maximum absolute atomic E-state index is 13.4. The second-order valence-electron chi connectivity index (χ2n) is 9.81. The summed E-state index contributed by atoms with van der Waals surface area (Å²) in [6.45, 7) is 15.6. The number of carbonyl (C=O) groups excluding carboxylic acids is 2. The summed E-state index contributed by atoms with van der Waals surface area (Å²) in [6, 6.07) is 5.94. The molecule has 6 nitrogen and oxygen atoms in total. The van der Waals surface area contributed by atoms with Crippen LogP contribution in [0.4, 0.5) is 0 Å². The summed E-state index contributed by atoms with van der Waals surface area (Å²) in [5.74, 6) is -0.420. The van der Waals surface area contributed by atoms with E-state index in [1.54, 1.807) is 0 Å². The van der Waals surface area contributed by atoms with E-state index < -0.39 is 11.6 Å². The van der Waals surface area contributed by atoms with E-state index in [4.69, 9.17) is 9.73 Å². The van der Waals surface area contributed by atoms with Crippen LogP contribution in [0.25, 0.3) is 0 Å². The lowest BCUT2D eigenvalue weighted by Crippen LogP contribution is -2.40. The maximum Gasteiger partial charge on any atom is 0.338 e. The zero-order valence-corrected chi connectivity index (χ0v) is 21.7. The molecule has 33 heavy (non-hydrogen) atoms. The Kier molecular flexibility index (Phi) is 7.42. The number of amidine groups is 1. The molecule has 0 saturated carbocycles. The molecule has 0 bridgehead atoms. The Morgan fingerprint density at radius 1 is 1.24 bits per heavy atom. The summed E-state index contributed by atoms with van der Waals surface area (Å²) in [7, 11) is 0. The van der Waals surface area contributed by atoms with E-state index in [9.17, 15) is 9.59 Å². The van der Waals surface area contributed by atoms with Gasteiger partial charge in [-0.05, 0) is 71.4 Å². The van der Waals surface area contributed by atoms with E-state index in [2.05, 4.69) is 23.5 Å². The molecule has 0 fully saturated rings. The van der Waals surface area contributed by atoms with Crippen molar-refractivity contribution in [3.8, 4) is 0 Å². The molecule has 0 aromatic heterocycles. The summed E-state index contributed by atoms with van der Waals surface area (Å²) in [4.78, 5) is 32.9. The van der Waals surface area contributed by atoms with Gasteiger partial charge in [0.15, 0.2) is 5.17 Å². The first-order valence-corrected chi connectivity index (χ1v) is 12.3. The van der Waals surface area contributed by atoms with Gasteiger partial charge in [0.2, 0.25) is 5.91 Å². The fourth-order valence-electron chi connectivity index (χ4n) is 3.91. The molecule has 1 N–H and O–H groups in total. The highest BCUT2D eigenvalue weighted by Gasteiger charge is 2.42. The van der Waals surface area contributed by atoms with Crippen molar-refractivity contribution in [3.05, 3.63) is 57.3 Å². The normalized spacial score (nSPS) is 19.0. The Hall–Kier alpha value is -2.54. The largest absolute Gasteiger partial charge is 0.456 e. The zero-order valence-electron chi connectivity index (χ0n) is 20.9. The number of nitrogens with zero attached hydrogens (tertiary/aromatic N) is 2. The van der Waals surface area contributed by atoms with Crippen LogP contribution in [-0.4, -0.2) is 33.6 Å². The highest BCUT2D eigenvalue weighted by Crippen LogP contribution is 2.46. The van der Waals surface area contributed by atoms with Gasteiger partial charge in [0.1, 0.15) is 5.60 Å². The van der Waals surface area contributed by atoms with Gasteiger partial charge in [0.25, 0.3) is 0 Å². The molecule has 178 valence electrons. The van der Waals surface area contributed by atoms with Gasteiger partial charge in [-0.1, -0.05) is 42.4 Å². The standard InChI is InChI=1S/C26H35N3O3S/c1-9-17(4)27-21(30)13-19-14-33-25-28-18(5)22(24(31)32-26(6,7)8)23(29(19)25)20-12-15(2)10-11-16(20)3/h10-12,14,17,23H,9,13H2,1-8H3,(H,27,30). The lowest BCUT2D eigenvalue weighted by molar-refractivity contribution is -0.150. The number of hydrogen-bond acceptors (Lipinski definition) is 6. The Bertz CT molecular complexity index is 1050. The van der Waals surface area contributed by atoms with Crippen molar-refractivity contribution < 1.29 is 14.3 Å². The number of rotatable bonds is 6. The van der Waals surface area contributed by atoms with Crippen LogP contribution in [0.3, 0.4) is 0 Å². The van der Waals surface area contributed by atoms with E-state index in [1.807, 2.05) is 65.7 Å². The van der Waals surface area contributed by atoms with Crippen molar-refractivity contribution in [1.82, 2.24) is 10.2 Å². The van der Waals surface area contributed by atoms with Crippen molar-refractivity contribution in [2.75, 3.05) is 0 Å². The number of nitrogens with one attached hydrogen (secondary N) is 1. The van der Waals surface area contributed by atoms with Gasteiger partial charge >= 0.3 is 5.97 Å². The third-order valence-electron chi connectivity index (χ3n) is 5.71. The number of amides is 1. The van der Waals surface area contributed by atoms with E-state index in [0.717, 1.165) is 34.0 Å². The molecule has 2 aliphatic rings. The second-order valence-corrected chi connectivity index (χ2v) is 10.6. The van der Waals surface area contributed by atoms with Gasteiger partial charge in [-0.25, -0.2) is 9.79 Å². The lowest BCUT2D eigenvalue weighted by Gasteiger charge is -2.38. The molecule has 1 aromatic rings. The molecule has 0 spiro atoms. The van der Waals surface area contributed by atoms with E-state index in [-0.39, 0.29) is 24.3 Å². The minimum absolute atomic E-state index is 0.0396. The number of carbonyl (C=O) groups is 2. The van der Waals surface area contributed by atoms with Crippen molar-refractivity contribution in [2.45, 2.75) is 85.9 Å². The van der Waals surface area contributed by atoms with Crippen LogP contribution in [0.1, 0.15) is 77.1 Å². The van der Waals surface area contributed by atoms with E-state index in [1.165, 1.54) is 11.8 Å². The number of thioether (sulfide) groups is 1. The van der Waals surface area contributed by atoms with Gasteiger partial charge in [-0.15, -0.1) is 0 Å². The highest BCUT2D eigenvalue weighted by molar-refractivity contribution is 8.16. The molecule has 0 radical (unpaired) electrons. The van der Waals surface area contributed by atoms with Crippen LogP contribution < -0.4 is 5.32 Å². The van der Waals surface area contributed by atoms with Crippen LogP contribution >= 0.6 is 11.8 Å². The fraction of sp³-hybridized carbons (Fsp3) is 0.500. The smallest absolute Gasteiger partial charge is 0.338 e. The number of fused-ring (bicyclic) bond motifs is 1. The molecule has 2 heterocycles. The average molecular weight is 470 g/mol. The molecule has 2 atom stereocenters. The van der Waals surface area contributed by atoms with Crippen molar-refractivity contribution in [3.63, 3.8) is 0 Å². The first kappa shape index (κ1) is 25.1. The number of aliphatic imine (C=N–C) groups is 1. The predicted molar refractivity (Wildman–Crippen MR) is 135 cm³/mol. The number of allylic oxidation sites excluding steroid dienone is 1. The number of benzene rings is 1. The summed E-state index contributed by atoms with van der Waals surface area (Å²) < 4.78 is 5.80. The van der Waals surface area contributed by atoms with Gasteiger partial charge in [0, 0.05) is 11.7 Å². The summed E-state index contributed by atoms with van der Waals surface area (Å²) >= 11 is 1.49. The first-order chi connectivity index (χ1) is 15.4. The minimum Gasteiger partial charge on any atom is -0.456 e. The van der Waals surface area contributed by atoms with Crippen LogP contribution in [-0.2, 0) is 14.3 Å². The molecule has 1 amide bonds. The van der Waals surface area contributed by atoms with Crippen LogP contribution in [0.5, 0.6) is 0 Å². The summed E-state index contributed by atoms with van der Waals surface area (Å²) in [5, 5.41) is 5.79. The summed E-state index contributed by atoms with van der Waals surface area (Å²) in [5.41, 5.74) is 4.55. The van der Waals surface area contributed by atoms with Gasteiger partial charge in [-0.3, -0.25) is 4.79 Å². The topological polar surface area (TPSA) is 71.0 Å². The Balaban J connectivity index is 2.07. The second kappa shape index (κ2) is 9.75. The Morgan fingerprint density at radius 2 is 1.94 bits per heavy atom. The predicted octanol–water partition coefficient (Wildman–Crippen LogP) is 5.52. The molecule has 3 rings (SSSR count). The number of aryl methyl sites for hydroxylation is 2. The molecule has 2 unspecified atom stereocenters. The van der Waals surface area contributed by atoms with Crippen molar-refractivity contribution in [1.29, 1.82) is 0 Å². The van der Waals surface area contributed by atoms with E-state index >= 15 is 0 Å². The third-order valence-corrected chi connectivity index (χ3v) is 6.60. The molecular weight excluding hydrogens is 434 g/mol. The molecule has 2 aliphatic heterocycles. The Labute approximate surface area is 201 Å². The third kappa shape index (κ3) is 5.69. The molecule has 1 aromatic carbocycles. The van der Waals surface area contributed by atoms with Gasteiger partial charge in [-0.2, -0.15) is 0 Å². The molecule has 0 saturated heterocycles. The monoisotopic (exact) mass is 469 g/mol. The molecular formula is C26H35N3O3S. The first-order valence-electron chi connectivity index (χ1n) is 11.5. The average Bonchev–Trinajstić information content (AvgIpc) is 3.09. The zero-order chi connectivity index (χ0) is 24.5. The molecule has 7 heteroatoms. The number of esters is 1. The lowest BCUT2D eigenvalue weighted by atomic mass is 9.89. The van der Waals surface area contributed by atoms with Gasteiger partial charge in [0.05, 0.1) is 23.7 Å². The Morgan fingerprint density at radius 3 is 2.58 bits per heavy atom. The molecule has 0 aliphatic carbocycles. The van der Waals surface area contributed by atoms with Crippen LogP contribution in [0.2, 0.25) is 0 Å². The number of hydrogen-bond donors (Lipinski definition) is 1. The van der Waals surface area contributed by atoms with Gasteiger partial charge < -0.3 is 15.0 Å². The van der Waals surface area contributed by atoms with Crippen LogP contribution in [0.15, 0.2) is 45.6 Å². The maximum atomic E-state index is 13.4. The summed E-state index contributed by atoms with van der Waals surface area (Å²) in [6.07, 6.45) is 1.09. The minimum atomic E-state index is -0.630. The van der Waals surface area contributed by atoms with Crippen LogP contribution in [0, 0.1) is 13.8 Å². The van der Waals surface area contributed by atoms with E-state index in [0.29, 0.717) is 11.3 Å². The SMILES string of the molecule is CCC(C)NC(=O)CC1=CSC2=NC(C)=C(C(=O)OC(C)(C)C)C(c3cc(C)ccc3C)N12. The number of ether oxygens (including phenoxy) is 1. The fourth-order valence-corrected chi connectivity index (χ4v) is 4.87. The van der Waals surface area contributed by atoms with Crippen molar-refractivity contribution in [2.24, 2.45) is 4.99 Å².